The zero-order valence-electron chi connectivity index (χ0n) is 11.4. The van der Waals surface area contributed by atoms with Gasteiger partial charge in [0.05, 0.1) is 5.69 Å². The lowest BCUT2D eigenvalue weighted by Crippen LogP contribution is -2.24. The first-order valence-corrected chi connectivity index (χ1v) is 6.92. The molecule has 1 atom stereocenters. The van der Waals surface area contributed by atoms with Crippen LogP contribution in [0, 0.1) is 5.82 Å². The van der Waals surface area contributed by atoms with Crippen LogP contribution in [-0.2, 0) is 0 Å². The molecule has 0 bridgehead atoms. The molecular formula is C16H18ClFN2. The second kappa shape index (κ2) is 6.73. The molecule has 4 heteroatoms. The Balaban J connectivity index is 1.97. The van der Waals surface area contributed by atoms with Crippen LogP contribution in [0.5, 0.6) is 0 Å². The van der Waals surface area contributed by atoms with Crippen LogP contribution < -0.4 is 10.6 Å². The molecule has 2 nitrogen and oxygen atoms in total. The first-order chi connectivity index (χ1) is 9.58. The Morgan fingerprint density at radius 1 is 1.20 bits per heavy atom. The number of nitrogens with two attached hydrogens (primary N) is 1. The zero-order valence-corrected chi connectivity index (χ0v) is 12.1. The third-order valence-electron chi connectivity index (χ3n) is 3.32. The van der Waals surface area contributed by atoms with E-state index in [4.69, 9.17) is 17.3 Å². The first-order valence-electron chi connectivity index (χ1n) is 6.54. The van der Waals surface area contributed by atoms with E-state index in [1.165, 1.54) is 6.07 Å². The van der Waals surface area contributed by atoms with Crippen LogP contribution in [-0.4, -0.2) is 13.6 Å². The largest absolute Gasteiger partial charge is 0.372 e. The van der Waals surface area contributed by atoms with Crippen LogP contribution in [0.15, 0.2) is 48.5 Å². The van der Waals surface area contributed by atoms with Gasteiger partial charge in [0.25, 0.3) is 0 Å². The van der Waals surface area contributed by atoms with Gasteiger partial charge in [0.1, 0.15) is 5.82 Å². The van der Waals surface area contributed by atoms with Crippen molar-refractivity contribution in [2.45, 2.75) is 12.5 Å². The summed E-state index contributed by atoms with van der Waals surface area (Å²) < 4.78 is 13.6. The van der Waals surface area contributed by atoms with E-state index in [0.29, 0.717) is 17.3 Å². The molecule has 2 aromatic carbocycles. The van der Waals surface area contributed by atoms with Crippen LogP contribution >= 0.6 is 11.6 Å². The van der Waals surface area contributed by atoms with Gasteiger partial charge in [0.2, 0.25) is 0 Å². The van der Waals surface area contributed by atoms with Gasteiger partial charge in [-0.1, -0.05) is 35.9 Å². The summed E-state index contributed by atoms with van der Waals surface area (Å²) in [6.07, 6.45) is 0.727. The number of halogens is 2. The molecule has 0 radical (unpaired) electrons. The summed E-state index contributed by atoms with van der Waals surface area (Å²) in [4.78, 5) is 1.87. The van der Waals surface area contributed by atoms with E-state index in [2.05, 4.69) is 0 Å². The minimum absolute atomic E-state index is 0.108. The quantitative estimate of drug-likeness (QED) is 0.902. The van der Waals surface area contributed by atoms with E-state index in [1.54, 1.807) is 12.1 Å². The molecule has 0 saturated carbocycles. The number of rotatable bonds is 5. The Kier molecular flexibility index (Phi) is 4.99. The van der Waals surface area contributed by atoms with Crippen molar-refractivity contribution < 1.29 is 4.39 Å². The fourth-order valence-electron chi connectivity index (χ4n) is 2.12. The Morgan fingerprint density at radius 3 is 2.65 bits per heavy atom. The second-order valence-electron chi connectivity index (χ2n) is 4.82. The topological polar surface area (TPSA) is 29.3 Å². The van der Waals surface area contributed by atoms with Crippen molar-refractivity contribution in [1.29, 1.82) is 0 Å². The summed E-state index contributed by atoms with van der Waals surface area (Å²) >= 11 is 5.95. The molecule has 0 spiro atoms. The Hall–Kier alpha value is -1.58. The van der Waals surface area contributed by atoms with E-state index in [0.717, 1.165) is 12.0 Å². The van der Waals surface area contributed by atoms with Crippen molar-refractivity contribution in [3.63, 3.8) is 0 Å². The van der Waals surface area contributed by atoms with E-state index < -0.39 is 0 Å². The van der Waals surface area contributed by atoms with Gasteiger partial charge < -0.3 is 10.6 Å². The number of para-hydroxylation sites is 1. The summed E-state index contributed by atoms with van der Waals surface area (Å²) in [5, 5.41) is 0.681. The maximum atomic E-state index is 13.6. The van der Waals surface area contributed by atoms with Crippen LogP contribution in [0.25, 0.3) is 0 Å². The van der Waals surface area contributed by atoms with Gasteiger partial charge >= 0.3 is 0 Å². The van der Waals surface area contributed by atoms with Crippen molar-refractivity contribution >= 4 is 17.3 Å². The molecule has 106 valence electrons. The highest BCUT2D eigenvalue weighted by Crippen LogP contribution is 2.21. The molecule has 0 heterocycles. The Morgan fingerprint density at radius 2 is 1.95 bits per heavy atom. The number of hydrogen-bond donors (Lipinski definition) is 1. The average Bonchev–Trinajstić information content (AvgIpc) is 2.45. The average molecular weight is 293 g/mol. The molecular weight excluding hydrogens is 275 g/mol. The van der Waals surface area contributed by atoms with Gasteiger partial charge in [-0.25, -0.2) is 4.39 Å². The molecule has 2 N–H and O–H groups in total. The van der Waals surface area contributed by atoms with Crippen molar-refractivity contribution in [2.75, 3.05) is 18.5 Å². The second-order valence-corrected chi connectivity index (χ2v) is 5.26. The fourth-order valence-corrected chi connectivity index (χ4v) is 2.32. The summed E-state index contributed by atoms with van der Waals surface area (Å²) in [6.45, 7) is 0.675. The van der Waals surface area contributed by atoms with Gasteiger partial charge in [0.15, 0.2) is 0 Å². The number of benzene rings is 2. The summed E-state index contributed by atoms with van der Waals surface area (Å²) in [7, 11) is 1.86. The summed E-state index contributed by atoms with van der Waals surface area (Å²) in [5.41, 5.74) is 7.74. The highest BCUT2D eigenvalue weighted by atomic mass is 35.5. The van der Waals surface area contributed by atoms with E-state index in [1.807, 2.05) is 42.3 Å². The lowest BCUT2D eigenvalue weighted by Gasteiger charge is -2.22. The minimum atomic E-state index is -0.216. The van der Waals surface area contributed by atoms with Gasteiger partial charge in [0, 0.05) is 24.7 Å². The van der Waals surface area contributed by atoms with Crippen LogP contribution in [0.3, 0.4) is 0 Å². The molecule has 0 amide bonds. The summed E-state index contributed by atoms with van der Waals surface area (Å²) in [5.74, 6) is -0.216. The van der Waals surface area contributed by atoms with Gasteiger partial charge in [-0.3, -0.25) is 0 Å². The predicted molar refractivity (Wildman–Crippen MR) is 82.7 cm³/mol. The molecule has 0 fully saturated rings. The molecule has 0 aliphatic rings. The predicted octanol–water partition coefficient (Wildman–Crippen LogP) is 4.01. The molecule has 0 aromatic heterocycles. The molecule has 20 heavy (non-hydrogen) atoms. The van der Waals surface area contributed by atoms with E-state index in [9.17, 15) is 4.39 Å². The third kappa shape index (κ3) is 3.71. The maximum Gasteiger partial charge on any atom is 0.146 e. The van der Waals surface area contributed by atoms with Gasteiger partial charge in [-0.05, 0) is 36.2 Å². The van der Waals surface area contributed by atoms with Crippen molar-refractivity contribution in [3.05, 3.63) is 64.9 Å². The molecule has 2 rings (SSSR count). The van der Waals surface area contributed by atoms with Crippen LogP contribution in [0.2, 0.25) is 5.02 Å². The summed E-state index contributed by atoms with van der Waals surface area (Å²) in [6, 6.07) is 14.2. The normalized spacial score (nSPS) is 12.2. The highest BCUT2D eigenvalue weighted by Gasteiger charge is 2.10. The smallest absolute Gasteiger partial charge is 0.146 e. The van der Waals surface area contributed by atoms with Crippen molar-refractivity contribution in [2.24, 2.45) is 5.73 Å². The lowest BCUT2D eigenvalue weighted by molar-refractivity contribution is 0.607. The Bertz CT molecular complexity index is 574. The van der Waals surface area contributed by atoms with Crippen molar-refractivity contribution in [3.8, 4) is 0 Å². The fraction of sp³-hybridized carbons (Fsp3) is 0.250. The van der Waals surface area contributed by atoms with Crippen molar-refractivity contribution in [1.82, 2.24) is 0 Å². The van der Waals surface area contributed by atoms with E-state index >= 15 is 0 Å². The zero-order chi connectivity index (χ0) is 14.5. The third-order valence-corrected chi connectivity index (χ3v) is 3.55. The van der Waals surface area contributed by atoms with Crippen LogP contribution in [0.4, 0.5) is 10.1 Å². The maximum absolute atomic E-state index is 13.6. The van der Waals surface area contributed by atoms with Gasteiger partial charge in [-0.15, -0.1) is 0 Å². The highest BCUT2D eigenvalue weighted by molar-refractivity contribution is 6.30. The van der Waals surface area contributed by atoms with Gasteiger partial charge in [-0.2, -0.15) is 0 Å². The molecule has 0 aliphatic heterocycles. The van der Waals surface area contributed by atoms with E-state index in [-0.39, 0.29) is 11.9 Å². The SMILES string of the molecule is CN(CCC(N)c1cccc(Cl)c1)c1ccccc1F. The molecule has 0 aliphatic carbocycles. The minimum Gasteiger partial charge on any atom is -0.372 e. The number of hydrogen-bond acceptors (Lipinski definition) is 2. The lowest BCUT2D eigenvalue weighted by atomic mass is 10.0. The number of anilines is 1. The molecule has 2 aromatic rings. The first kappa shape index (κ1) is 14.8. The monoisotopic (exact) mass is 292 g/mol. The Labute approximate surface area is 124 Å². The molecule has 0 saturated heterocycles. The van der Waals surface area contributed by atoms with Crippen LogP contribution in [0.1, 0.15) is 18.0 Å². The number of nitrogens with zero attached hydrogens (tertiary/aromatic N) is 1. The molecule has 1 unspecified atom stereocenters. The standard InChI is InChI=1S/C16H18ClFN2/c1-20(16-8-3-2-7-14(16)18)10-9-15(19)12-5-4-6-13(17)11-12/h2-8,11,15H,9-10,19H2,1H3.